The largest absolute Gasteiger partial charge is 0.493 e. The molecule has 1 aliphatic heterocycles. The monoisotopic (exact) mass is 259 g/mol. The van der Waals surface area contributed by atoms with E-state index in [4.69, 9.17) is 10.5 Å². The topological polar surface area (TPSA) is 35.2 Å². The molecule has 0 saturated heterocycles. The van der Waals surface area contributed by atoms with Crippen LogP contribution in [0.25, 0.3) is 0 Å². The Hall–Kier alpha value is -1.02. The van der Waals surface area contributed by atoms with Gasteiger partial charge in [0.2, 0.25) is 0 Å². The van der Waals surface area contributed by atoms with Crippen molar-refractivity contribution in [1.29, 1.82) is 0 Å². The van der Waals surface area contributed by atoms with Crippen LogP contribution < -0.4 is 10.5 Å². The van der Waals surface area contributed by atoms with Gasteiger partial charge in [0.05, 0.1) is 6.61 Å². The smallest absolute Gasteiger partial charge is 0.127 e. The summed E-state index contributed by atoms with van der Waals surface area (Å²) < 4.78 is 5.96. The minimum atomic E-state index is -0.173. The Morgan fingerprint density at radius 1 is 1.21 bits per heavy atom. The number of para-hydroxylation sites is 1. The Morgan fingerprint density at radius 3 is 3.00 bits per heavy atom. The van der Waals surface area contributed by atoms with Gasteiger partial charge in [0.15, 0.2) is 0 Å². The van der Waals surface area contributed by atoms with Crippen LogP contribution in [0.15, 0.2) is 18.2 Å². The number of benzene rings is 1. The molecular weight excluding hydrogens is 234 g/mol. The Morgan fingerprint density at radius 2 is 2.11 bits per heavy atom. The van der Waals surface area contributed by atoms with E-state index in [0.717, 1.165) is 44.0 Å². The number of fused-ring (bicyclic) bond motifs is 1. The second-order valence-electron chi connectivity index (χ2n) is 6.44. The first kappa shape index (κ1) is 13.0. The molecule has 2 aliphatic rings. The molecule has 19 heavy (non-hydrogen) atoms. The molecule has 1 fully saturated rings. The maximum Gasteiger partial charge on any atom is 0.127 e. The average Bonchev–Trinajstić information content (AvgIpc) is 2.61. The zero-order chi connectivity index (χ0) is 13.3. The third-order valence-electron chi connectivity index (χ3n) is 4.87. The van der Waals surface area contributed by atoms with Crippen molar-refractivity contribution >= 4 is 0 Å². The summed E-state index contributed by atoms with van der Waals surface area (Å²) >= 11 is 0. The Balaban J connectivity index is 1.96. The summed E-state index contributed by atoms with van der Waals surface area (Å²) in [5.41, 5.74) is 9.23. The van der Waals surface area contributed by atoms with E-state index in [0.29, 0.717) is 0 Å². The maximum absolute atomic E-state index is 6.79. The molecule has 1 aromatic rings. The number of ether oxygens (including phenoxy) is 1. The third kappa shape index (κ3) is 2.51. The summed E-state index contributed by atoms with van der Waals surface area (Å²) in [4.78, 5) is 0. The molecular formula is C17H25NO. The number of nitrogens with two attached hydrogens (primary N) is 1. The first-order chi connectivity index (χ1) is 9.19. The maximum atomic E-state index is 6.79. The lowest BCUT2D eigenvalue weighted by Crippen LogP contribution is -2.37. The van der Waals surface area contributed by atoms with Crippen molar-refractivity contribution in [2.75, 3.05) is 6.61 Å². The van der Waals surface area contributed by atoms with Crippen molar-refractivity contribution in [1.82, 2.24) is 0 Å². The summed E-state index contributed by atoms with van der Waals surface area (Å²) in [5.74, 6) is 1.91. The van der Waals surface area contributed by atoms with Gasteiger partial charge in [-0.05, 0) is 43.6 Å². The van der Waals surface area contributed by atoms with E-state index < -0.39 is 0 Å². The summed E-state index contributed by atoms with van der Waals surface area (Å²) in [7, 11) is 0. The zero-order valence-corrected chi connectivity index (χ0v) is 12.0. The molecule has 0 bridgehead atoms. The predicted octanol–water partition coefficient (Wildman–Crippen LogP) is 3.77. The minimum absolute atomic E-state index is 0.173. The van der Waals surface area contributed by atoms with Crippen molar-refractivity contribution in [3.8, 4) is 5.75 Å². The van der Waals surface area contributed by atoms with Crippen LogP contribution in [0, 0.1) is 5.92 Å². The number of rotatable bonds is 1. The number of hydrogen-bond acceptors (Lipinski definition) is 2. The van der Waals surface area contributed by atoms with Crippen LogP contribution in [0.5, 0.6) is 5.75 Å². The second-order valence-corrected chi connectivity index (χ2v) is 6.44. The van der Waals surface area contributed by atoms with Gasteiger partial charge in [-0.3, -0.25) is 0 Å². The standard InChI is InChI=1S/C17H25NO/c1-13-5-3-10-17(18,11-9-13)15-8-2-6-14-7-4-12-19-16(14)15/h2,6,8,13H,3-5,7,9-12,18H2,1H3. The van der Waals surface area contributed by atoms with E-state index in [1.807, 2.05) is 0 Å². The molecule has 1 aliphatic carbocycles. The highest BCUT2D eigenvalue weighted by molar-refractivity contribution is 5.46. The molecule has 1 heterocycles. The van der Waals surface area contributed by atoms with Crippen LogP contribution in [0.3, 0.4) is 0 Å². The van der Waals surface area contributed by atoms with Crippen LogP contribution in [-0.2, 0) is 12.0 Å². The molecule has 1 saturated carbocycles. The van der Waals surface area contributed by atoms with Crippen LogP contribution in [0.1, 0.15) is 56.6 Å². The summed E-state index contributed by atoms with van der Waals surface area (Å²) in [6.07, 6.45) is 8.24. The first-order valence-electron chi connectivity index (χ1n) is 7.73. The van der Waals surface area contributed by atoms with Gasteiger partial charge in [-0.25, -0.2) is 0 Å². The predicted molar refractivity (Wildman–Crippen MR) is 78.4 cm³/mol. The van der Waals surface area contributed by atoms with E-state index >= 15 is 0 Å². The highest BCUT2D eigenvalue weighted by Gasteiger charge is 2.33. The minimum Gasteiger partial charge on any atom is -0.493 e. The average molecular weight is 259 g/mol. The van der Waals surface area contributed by atoms with E-state index in [1.54, 1.807) is 0 Å². The normalized spacial score (nSPS) is 31.2. The highest BCUT2D eigenvalue weighted by Crippen LogP contribution is 2.42. The number of aryl methyl sites for hydroxylation is 1. The van der Waals surface area contributed by atoms with Gasteiger partial charge in [0.1, 0.15) is 5.75 Å². The Kier molecular flexibility index (Phi) is 3.53. The molecule has 2 unspecified atom stereocenters. The summed E-state index contributed by atoms with van der Waals surface area (Å²) in [5, 5.41) is 0. The van der Waals surface area contributed by atoms with Crippen LogP contribution >= 0.6 is 0 Å². The number of hydrogen-bond donors (Lipinski definition) is 1. The summed E-state index contributed by atoms with van der Waals surface area (Å²) in [6.45, 7) is 3.19. The quantitative estimate of drug-likeness (QED) is 0.779. The lowest BCUT2D eigenvalue weighted by atomic mass is 9.81. The van der Waals surface area contributed by atoms with E-state index in [2.05, 4.69) is 25.1 Å². The molecule has 2 N–H and O–H groups in total. The van der Waals surface area contributed by atoms with Crippen LogP contribution in [0.4, 0.5) is 0 Å². The van der Waals surface area contributed by atoms with Gasteiger partial charge in [-0.2, -0.15) is 0 Å². The van der Waals surface area contributed by atoms with E-state index in [1.165, 1.54) is 30.4 Å². The second kappa shape index (κ2) is 5.16. The van der Waals surface area contributed by atoms with Crippen molar-refractivity contribution in [2.24, 2.45) is 11.7 Å². The molecule has 2 nitrogen and oxygen atoms in total. The molecule has 3 rings (SSSR count). The van der Waals surface area contributed by atoms with Crippen LogP contribution in [0.2, 0.25) is 0 Å². The van der Waals surface area contributed by atoms with Gasteiger partial charge >= 0.3 is 0 Å². The lowest BCUT2D eigenvalue weighted by Gasteiger charge is -2.33. The molecule has 0 aromatic heterocycles. The highest BCUT2D eigenvalue weighted by atomic mass is 16.5. The first-order valence-corrected chi connectivity index (χ1v) is 7.73. The fourth-order valence-electron chi connectivity index (χ4n) is 3.59. The molecule has 0 amide bonds. The van der Waals surface area contributed by atoms with E-state index in [-0.39, 0.29) is 5.54 Å². The van der Waals surface area contributed by atoms with Crippen molar-refractivity contribution in [3.05, 3.63) is 29.3 Å². The fourth-order valence-corrected chi connectivity index (χ4v) is 3.59. The van der Waals surface area contributed by atoms with Gasteiger partial charge in [-0.15, -0.1) is 0 Å². The molecule has 2 heteroatoms. The van der Waals surface area contributed by atoms with Gasteiger partial charge in [-0.1, -0.05) is 38.0 Å². The van der Waals surface area contributed by atoms with Crippen molar-refractivity contribution in [3.63, 3.8) is 0 Å². The molecule has 0 spiro atoms. The Labute approximate surface area is 116 Å². The van der Waals surface area contributed by atoms with Crippen molar-refractivity contribution < 1.29 is 4.74 Å². The Bertz CT molecular complexity index is 457. The molecule has 0 radical (unpaired) electrons. The molecule has 104 valence electrons. The van der Waals surface area contributed by atoms with Gasteiger partial charge in [0, 0.05) is 11.1 Å². The molecule has 1 aromatic carbocycles. The van der Waals surface area contributed by atoms with Crippen LogP contribution in [-0.4, -0.2) is 6.61 Å². The van der Waals surface area contributed by atoms with E-state index in [9.17, 15) is 0 Å². The van der Waals surface area contributed by atoms with Crippen molar-refractivity contribution in [2.45, 2.75) is 57.4 Å². The molecule has 2 atom stereocenters. The SMILES string of the molecule is CC1CCCC(N)(c2cccc3c2OCCC3)CC1. The van der Waals surface area contributed by atoms with Gasteiger partial charge in [0.25, 0.3) is 0 Å². The third-order valence-corrected chi connectivity index (χ3v) is 4.87. The fraction of sp³-hybridized carbons (Fsp3) is 0.647. The lowest BCUT2D eigenvalue weighted by molar-refractivity contribution is 0.270. The zero-order valence-electron chi connectivity index (χ0n) is 12.0. The van der Waals surface area contributed by atoms with Gasteiger partial charge < -0.3 is 10.5 Å². The summed E-state index contributed by atoms with van der Waals surface area (Å²) in [6, 6.07) is 6.55.